The van der Waals surface area contributed by atoms with Gasteiger partial charge in [0.2, 0.25) is 0 Å². The predicted molar refractivity (Wildman–Crippen MR) is 88.8 cm³/mol. The van der Waals surface area contributed by atoms with E-state index >= 15 is 0 Å². The van der Waals surface area contributed by atoms with Crippen molar-refractivity contribution in [3.63, 3.8) is 0 Å². The number of para-hydroxylation sites is 1. The van der Waals surface area contributed by atoms with Gasteiger partial charge >= 0.3 is 0 Å². The Hall–Kier alpha value is -1.06. The van der Waals surface area contributed by atoms with Gasteiger partial charge in [0.15, 0.2) is 0 Å². The van der Waals surface area contributed by atoms with E-state index in [1.165, 1.54) is 5.56 Å². The van der Waals surface area contributed by atoms with Gasteiger partial charge in [-0.2, -0.15) is 0 Å². The number of ether oxygens (including phenoxy) is 1. The first-order valence-electron chi connectivity index (χ1n) is 8.25. The van der Waals surface area contributed by atoms with Crippen LogP contribution in [0.5, 0.6) is 5.75 Å². The number of hydrogen-bond acceptors (Lipinski definition) is 3. The molecule has 1 N–H and O–H groups in total. The number of benzene rings is 1. The summed E-state index contributed by atoms with van der Waals surface area (Å²) in [5, 5.41) is 3.68. The molecule has 1 heterocycles. The van der Waals surface area contributed by atoms with Crippen LogP contribution in [0.15, 0.2) is 24.3 Å². The van der Waals surface area contributed by atoms with Gasteiger partial charge in [0.1, 0.15) is 12.4 Å². The fraction of sp³-hybridized carbons (Fsp3) is 0.667. The zero-order valence-electron chi connectivity index (χ0n) is 14.1. The van der Waals surface area contributed by atoms with Crippen LogP contribution in [0.3, 0.4) is 0 Å². The molecule has 2 atom stereocenters. The van der Waals surface area contributed by atoms with Gasteiger partial charge in [0.05, 0.1) is 12.1 Å². The van der Waals surface area contributed by atoms with Gasteiger partial charge in [-0.15, -0.1) is 0 Å². The SMILES string of the molecule is CCNC1c2ccccc2OCC1N(CC(C)C)C(C)C. The van der Waals surface area contributed by atoms with E-state index in [0.717, 1.165) is 25.4 Å². The van der Waals surface area contributed by atoms with Gasteiger partial charge in [-0.1, -0.05) is 39.0 Å². The highest BCUT2D eigenvalue weighted by Gasteiger charge is 2.35. The van der Waals surface area contributed by atoms with E-state index < -0.39 is 0 Å². The van der Waals surface area contributed by atoms with Crippen LogP contribution in [-0.2, 0) is 0 Å². The molecule has 1 aliphatic heterocycles. The minimum atomic E-state index is 0.348. The quantitative estimate of drug-likeness (QED) is 0.868. The van der Waals surface area contributed by atoms with Crippen molar-refractivity contribution >= 4 is 0 Å². The molecule has 0 radical (unpaired) electrons. The topological polar surface area (TPSA) is 24.5 Å². The third-order valence-corrected chi connectivity index (χ3v) is 4.14. The largest absolute Gasteiger partial charge is 0.492 e. The van der Waals surface area contributed by atoms with Crippen LogP contribution >= 0.6 is 0 Å². The Bertz CT molecular complexity index is 445. The van der Waals surface area contributed by atoms with Gasteiger partial charge in [-0.05, 0) is 32.4 Å². The average molecular weight is 290 g/mol. The molecule has 1 aromatic carbocycles. The first kappa shape index (κ1) is 16.3. The normalized spacial score (nSPS) is 21.7. The van der Waals surface area contributed by atoms with E-state index in [1.807, 2.05) is 0 Å². The number of likely N-dealkylation sites (N-methyl/N-ethyl adjacent to an activating group) is 1. The highest BCUT2D eigenvalue weighted by atomic mass is 16.5. The van der Waals surface area contributed by atoms with Crippen molar-refractivity contribution in [1.29, 1.82) is 0 Å². The van der Waals surface area contributed by atoms with Crippen molar-refractivity contribution in [3.05, 3.63) is 29.8 Å². The molecule has 2 rings (SSSR count). The summed E-state index contributed by atoms with van der Waals surface area (Å²) in [6, 6.07) is 9.70. The Kier molecular flexibility index (Phi) is 5.65. The maximum atomic E-state index is 6.04. The molecule has 0 saturated carbocycles. The van der Waals surface area contributed by atoms with Crippen molar-refractivity contribution in [2.24, 2.45) is 5.92 Å². The van der Waals surface area contributed by atoms with Gasteiger partial charge < -0.3 is 10.1 Å². The molecule has 1 aromatic rings. The summed E-state index contributed by atoms with van der Waals surface area (Å²) in [5.74, 6) is 1.69. The highest BCUT2D eigenvalue weighted by Crippen LogP contribution is 2.35. The van der Waals surface area contributed by atoms with Crippen molar-refractivity contribution < 1.29 is 4.74 Å². The summed E-state index contributed by atoms with van der Waals surface area (Å²) in [4.78, 5) is 2.59. The van der Waals surface area contributed by atoms with E-state index in [9.17, 15) is 0 Å². The van der Waals surface area contributed by atoms with Crippen molar-refractivity contribution in [2.75, 3.05) is 19.7 Å². The molecule has 0 bridgehead atoms. The standard InChI is InChI=1S/C18H30N2O/c1-6-19-18-15-9-7-8-10-17(15)21-12-16(18)20(14(4)5)11-13(2)3/h7-10,13-14,16,18-19H,6,11-12H2,1-5H3. The molecule has 118 valence electrons. The number of nitrogens with one attached hydrogen (secondary N) is 1. The summed E-state index contributed by atoms with van der Waals surface area (Å²) in [7, 11) is 0. The lowest BCUT2D eigenvalue weighted by Crippen LogP contribution is -2.53. The molecule has 0 aromatic heterocycles. The van der Waals surface area contributed by atoms with E-state index in [0.29, 0.717) is 24.0 Å². The van der Waals surface area contributed by atoms with E-state index in [2.05, 4.69) is 69.1 Å². The van der Waals surface area contributed by atoms with Crippen molar-refractivity contribution in [1.82, 2.24) is 10.2 Å². The van der Waals surface area contributed by atoms with E-state index in [1.54, 1.807) is 0 Å². The molecular formula is C18H30N2O. The molecule has 21 heavy (non-hydrogen) atoms. The molecule has 0 saturated heterocycles. The van der Waals surface area contributed by atoms with Crippen LogP contribution < -0.4 is 10.1 Å². The average Bonchev–Trinajstić information content (AvgIpc) is 2.45. The summed E-state index contributed by atoms with van der Waals surface area (Å²) >= 11 is 0. The number of nitrogens with zero attached hydrogens (tertiary/aromatic N) is 1. The van der Waals surface area contributed by atoms with Crippen molar-refractivity contribution in [2.45, 2.75) is 52.7 Å². The molecule has 0 fully saturated rings. The van der Waals surface area contributed by atoms with Gasteiger partial charge in [0.25, 0.3) is 0 Å². The number of rotatable bonds is 6. The van der Waals surface area contributed by atoms with Crippen LogP contribution in [-0.4, -0.2) is 36.7 Å². The molecule has 0 spiro atoms. The first-order chi connectivity index (χ1) is 10.0. The first-order valence-corrected chi connectivity index (χ1v) is 8.25. The summed E-state index contributed by atoms with van der Waals surface area (Å²) in [6.45, 7) is 14.2. The second kappa shape index (κ2) is 7.28. The lowest BCUT2D eigenvalue weighted by molar-refractivity contribution is 0.0537. The molecule has 3 nitrogen and oxygen atoms in total. The predicted octanol–water partition coefficient (Wildman–Crippen LogP) is 3.46. The Labute approximate surface area is 129 Å². The second-order valence-electron chi connectivity index (χ2n) is 6.64. The number of hydrogen-bond donors (Lipinski definition) is 1. The summed E-state index contributed by atoms with van der Waals surface area (Å²) in [5.41, 5.74) is 1.30. The zero-order chi connectivity index (χ0) is 15.4. The molecular weight excluding hydrogens is 260 g/mol. The van der Waals surface area contributed by atoms with E-state index in [-0.39, 0.29) is 0 Å². The third-order valence-electron chi connectivity index (χ3n) is 4.14. The van der Waals surface area contributed by atoms with Gasteiger partial charge in [-0.3, -0.25) is 4.90 Å². The summed E-state index contributed by atoms with van der Waals surface area (Å²) < 4.78 is 6.04. The monoisotopic (exact) mass is 290 g/mol. The van der Waals surface area contributed by atoms with Crippen LogP contribution in [0.4, 0.5) is 0 Å². The molecule has 3 heteroatoms. The lowest BCUT2D eigenvalue weighted by Gasteiger charge is -2.43. The van der Waals surface area contributed by atoms with Gasteiger partial charge in [0, 0.05) is 18.2 Å². The molecule has 0 aliphatic carbocycles. The third kappa shape index (κ3) is 3.78. The number of fused-ring (bicyclic) bond motifs is 1. The fourth-order valence-corrected chi connectivity index (χ4v) is 3.25. The maximum absolute atomic E-state index is 6.04. The Morgan fingerprint density at radius 3 is 2.57 bits per heavy atom. The van der Waals surface area contributed by atoms with Gasteiger partial charge in [-0.25, -0.2) is 0 Å². The Morgan fingerprint density at radius 2 is 1.95 bits per heavy atom. The molecule has 2 unspecified atom stereocenters. The second-order valence-corrected chi connectivity index (χ2v) is 6.64. The zero-order valence-corrected chi connectivity index (χ0v) is 14.1. The minimum Gasteiger partial charge on any atom is -0.492 e. The maximum Gasteiger partial charge on any atom is 0.124 e. The van der Waals surface area contributed by atoms with Crippen LogP contribution in [0.1, 0.15) is 46.2 Å². The lowest BCUT2D eigenvalue weighted by atomic mass is 9.93. The fourth-order valence-electron chi connectivity index (χ4n) is 3.25. The Balaban J connectivity index is 2.29. The highest BCUT2D eigenvalue weighted by molar-refractivity contribution is 5.38. The van der Waals surface area contributed by atoms with Crippen LogP contribution in [0.2, 0.25) is 0 Å². The van der Waals surface area contributed by atoms with Crippen LogP contribution in [0, 0.1) is 5.92 Å². The van der Waals surface area contributed by atoms with Crippen molar-refractivity contribution in [3.8, 4) is 5.75 Å². The Morgan fingerprint density at radius 1 is 1.24 bits per heavy atom. The molecule has 1 aliphatic rings. The smallest absolute Gasteiger partial charge is 0.124 e. The van der Waals surface area contributed by atoms with Crippen LogP contribution in [0.25, 0.3) is 0 Å². The minimum absolute atomic E-state index is 0.348. The van der Waals surface area contributed by atoms with E-state index in [4.69, 9.17) is 4.74 Å². The molecule has 0 amide bonds. The summed E-state index contributed by atoms with van der Waals surface area (Å²) in [6.07, 6.45) is 0.